The van der Waals surface area contributed by atoms with Gasteiger partial charge in [0.1, 0.15) is 0 Å². The molecule has 2 amide bonds. The molecule has 0 unspecified atom stereocenters. The average Bonchev–Trinajstić information content (AvgIpc) is 2.93. The molecule has 2 saturated heterocycles. The number of amides is 2. The first-order valence-corrected chi connectivity index (χ1v) is 7.82. The third-order valence-electron chi connectivity index (χ3n) is 4.35. The highest BCUT2D eigenvalue weighted by molar-refractivity contribution is 5.83. The van der Waals surface area contributed by atoms with Crippen LogP contribution in [0.5, 0.6) is 0 Å². The van der Waals surface area contributed by atoms with Crippen LogP contribution >= 0.6 is 0 Å². The molecule has 7 heteroatoms. The molecule has 1 atom stereocenters. The van der Waals surface area contributed by atoms with E-state index in [1.165, 1.54) is 0 Å². The van der Waals surface area contributed by atoms with Gasteiger partial charge in [0.15, 0.2) is 5.76 Å². The Hall–Kier alpha value is -1.89. The summed E-state index contributed by atoms with van der Waals surface area (Å²) in [5, 5.41) is 6.67. The zero-order valence-corrected chi connectivity index (χ0v) is 12.9. The summed E-state index contributed by atoms with van der Waals surface area (Å²) in [5.74, 6) is 1.04. The van der Waals surface area contributed by atoms with Crippen LogP contribution < -0.4 is 5.32 Å². The molecule has 0 aromatic carbocycles. The van der Waals surface area contributed by atoms with E-state index in [0.29, 0.717) is 19.4 Å². The number of aromatic nitrogens is 1. The molecule has 0 radical (unpaired) electrons. The summed E-state index contributed by atoms with van der Waals surface area (Å²) in [6, 6.07) is 1.95. The maximum atomic E-state index is 12.5. The SMILES string of the molecule is Cc1cc(CN2CCN(C(=O)[C@H]3CCC(=O)NC3)CC2)on1. The summed E-state index contributed by atoms with van der Waals surface area (Å²) in [6.45, 7) is 6.27. The Morgan fingerprint density at radius 1 is 1.41 bits per heavy atom. The molecule has 7 nitrogen and oxygen atoms in total. The molecule has 22 heavy (non-hydrogen) atoms. The molecule has 1 N–H and O–H groups in total. The molecule has 2 fully saturated rings. The van der Waals surface area contributed by atoms with Crippen LogP contribution in [0.25, 0.3) is 0 Å². The van der Waals surface area contributed by atoms with Gasteiger partial charge in [-0.05, 0) is 13.3 Å². The van der Waals surface area contributed by atoms with Crippen LogP contribution in [0.15, 0.2) is 10.6 Å². The number of piperidine rings is 1. The highest BCUT2D eigenvalue weighted by Gasteiger charge is 2.30. The number of hydrogen-bond donors (Lipinski definition) is 1. The number of aryl methyl sites for hydroxylation is 1. The minimum Gasteiger partial charge on any atom is -0.360 e. The lowest BCUT2D eigenvalue weighted by Gasteiger charge is -2.36. The van der Waals surface area contributed by atoms with Gasteiger partial charge in [-0.15, -0.1) is 0 Å². The van der Waals surface area contributed by atoms with Crippen molar-refractivity contribution in [3.8, 4) is 0 Å². The molecule has 0 spiro atoms. The summed E-state index contributed by atoms with van der Waals surface area (Å²) in [5.41, 5.74) is 0.892. The molecular formula is C15H22N4O3. The van der Waals surface area contributed by atoms with E-state index in [1.807, 2.05) is 17.9 Å². The Bertz CT molecular complexity index is 539. The fourth-order valence-electron chi connectivity index (χ4n) is 3.04. The number of nitrogens with one attached hydrogen (secondary N) is 1. The Labute approximate surface area is 129 Å². The van der Waals surface area contributed by atoms with Gasteiger partial charge in [-0.1, -0.05) is 5.16 Å². The van der Waals surface area contributed by atoms with Crippen LogP contribution in [0.3, 0.4) is 0 Å². The summed E-state index contributed by atoms with van der Waals surface area (Å²) >= 11 is 0. The number of nitrogens with zero attached hydrogens (tertiary/aromatic N) is 3. The van der Waals surface area contributed by atoms with E-state index in [9.17, 15) is 9.59 Å². The van der Waals surface area contributed by atoms with Crippen molar-refractivity contribution in [1.29, 1.82) is 0 Å². The maximum Gasteiger partial charge on any atom is 0.227 e. The normalized spacial score (nSPS) is 23.4. The summed E-state index contributed by atoms with van der Waals surface area (Å²) in [4.78, 5) is 27.8. The van der Waals surface area contributed by atoms with E-state index in [0.717, 1.165) is 44.2 Å². The van der Waals surface area contributed by atoms with Crippen LogP contribution in [0, 0.1) is 12.8 Å². The van der Waals surface area contributed by atoms with Crippen molar-refractivity contribution >= 4 is 11.8 Å². The zero-order chi connectivity index (χ0) is 15.5. The van der Waals surface area contributed by atoms with Crippen molar-refractivity contribution in [2.24, 2.45) is 5.92 Å². The Morgan fingerprint density at radius 3 is 2.77 bits per heavy atom. The molecule has 1 aromatic heterocycles. The van der Waals surface area contributed by atoms with Crippen molar-refractivity contribution < 1.29 is 14.1 Å². The minimum absolute atomic E-state index is 0.0521. The first-order valence-electron chi connectivity index (χ1n) is 7.82. The summed E-state index contributed by atoms with van der Waals surface area (Å²) < 4.78 is 5.23. The molecular weight excluding hydrogens is 284 g/mol. The predicted molar refractivity (Wildman–Crippen MR) is 78.8 cm³/mol. The molecule has 120 valence electrons. The van der Waals surface area contributed by atoms with E-state index in [1.54, 1.807) is 0 Å². The van der Waals surface area contributed by atoms with E-state index in [4.69, 9.17) is 4.52 Å². The second kappa shape index (κ2) is 6.48. The van der Waals surface area contributed by atoms with Crippen molar-refractivity contribution in [2.45, 2.75) is 26.3 Å². The van der Waals surface area contributed by atoms with Gasteiger partial charge >= 0.3 is 0 Å². The topological polar surface area (TPSA) is 78.7 Å². The van der Waals surface area contributed by atoms with Gasteiger partial charge in [0.2, 0.25) is 11.8 Å². The molecule has 3 rings (SSSR count). The van der Waals surface area contributed by atoms with E-state index >= 15 is 0 Å². The number of carbonyl (C=O) groups excluding carboxylic acids is 2. The van der Waals surface area contributed by atoms with Gasteiger partial charge in [-0.25, -0.2) is 0 Å². The van der Waals surface area contributed by atoms with Crippen LogP contribution in [0.2, 0.25) is 0 Å². The van der Waals surface area contributed by atoms with E-state index in [2.05, 4.69) is 15.4 Å². The van der Waals surface area contributed by atoms with Crippen LogP contribution in [-0.2, 0) is 16.1 Å². The van der Waals surface area contributed by atoms with Crippen LogP contribution in [0.4, 0.5) is 0 Å². The largest absolute Gasteiger partial charge is 0.360 e. The van der Waals surface area contributed by atoms with Crippen LogP contribution in [0.1, 0.15) is 24.3 Å². The van der Waals surface area contributed by atoms with E-state index < -0.39 is 0 Å². The van der Waals surface area contributed by atoms with Gasteiger partial charge in [0, 0.05) is 45.2 Å². The Kier molecular flexibility index (Phi) is 4.42. The highest BCUT2D eigenvalue weighted by Crippen LogP contribution is 2.16. The van der Waals surface area contributed by atoms with Crippen molar-refractivity contribution in [2.75, 3.05) is 32.7 Å². The second-order valence-corrected chi connectivity index (χ2v) is 6.08. The number of carbonyl (C=O) groups is 2. The number of piperazine rings is 1. The lowest BCUT2D eigenvalue weighted by molar-refractivity contribution is -0.139. The highest BCUT2D eigenvalue weighted by atomic mass is 16.5. The Morgan fingerprint density at radius 2 is 2.18 bits per heavy atom. The second-order valence-electron chi connectivity index (χ2n) is 6.08. The van der Waals surface area contributed by atoms with Gasteiger partial charge in [0.25, 0.3) is 0 Å². The van der Waals surface area contributed by atoms with Gasteiger partial charge in [-0.3, -0.25) is 14.5 Å². The molecule has 0 bridgehead atoms. The quantitative estimate of drug-likeness (QED) is 0.860. The monoisotopic (exact) mass is 306 g/mol. The predicted octanol–water partition coefficient (Wildman–Crippen LogP) is 0.153. The van der Waals surface area contributed by atoms with Crippen LogP contribution in [-0.4, -0.2) is 59.5 Å². The third kappa shape index (κ3) is 3.47. The first-order chi connectivity index (χ1) is 10.6. The average molecular weight is 306 g/mol. The number of hydrogen-bond acceptors (Lipinski definition) is 5. The standard InChI is InChI=1S/C15H22N4O3/c1-11-8-13(22-17-11)10-18-4-6-19(7-5-18)15(21)12-2-3-14(20)16-9-12/h8,12H,2-7,9-10H2,1H3,(H,16,20)/t12-/m0/s1. The maximum absolute atomic E-state index is 12.5. The molecule has 2 aliphatic heterocycles. The third-order valence-corrected chi connectivity index (χ3v) is 4.35. The summed E-state index contributed by atoms with van der Waals surface area (Å²) in [6.07, 6.45) is 1.13. The summed E-state index contributed by atoms with van der Waals surface area (Å²) in [7, 11) is 0. The molecule has 0 saturated carbocycles. The number of rotatable bonds is 3. The van der Waals surface area contributed by atoms with Crippen molar-refractivity contribution in [3.05, 3.63) is 17.5 Å². The molecule has 0 aliphatic carbocycles. The lowest BCUT2D eigenvalue weighted by Crippen LogP contribution is -2.52. The lowest BCUT2D eigenvalue weighted by atomic mass is 9.97. The van der Waals surface area contributed by atoms with E-state index in [-0.39, 0.29) is 17.7 Å². The Balaban J connectivity index is 1.47. The minimum atomic E-state index is -0.0545. The smallest absolute Gasteiger partial charge is 0.227 e. The fraction of sp³-hybridized carbons (Fsp3) is 0.667. The van der Waals surface area contributed by atoms with Gasteiger partial charge in [-0.2, -0.15) is 0 Å². The zero-order valence-electron chi connectivity index (χ0n) is 12.9. The van der Waals surface area contributed by atoms with Gasteiger partial charge < -0.3 is 14.7 Å². The van der Waals surface area contributed by atoms with Crippen molar-refractivity contribution in [3.63, 3.8) is 0 Å². The molecule has 3 heterocycles. The van der Waals surface area contributed by atoms with Gasteiger partial charge in [0.05, 0.1) is 18.2 Å². The van der Waals surface area contributed by atoms with Crippen molar-refractivity contribution in [1.82, 2.24) is 20.3 Å². The fourth-order valence-corrected chi connectivity index (χ4v) is 3.04. The molecule has 1 aromatic rings. The first kappa shape index (κ1) is 15.0. The molecule has 2 aliphatic rings.